The lowest BCUT2D eigenvalue weighted by molar-refractivity contribution is 0.601. The second-order valence-electron chi connectivity index (χ2n) is 2.98. The lowest BCUT2D eigenvalue weighted by atomic mass is 10.5. The Morgan fingerprint density at radius 1 is 1.41 bits per heavy atom. The van der Waals surface area contributed by atoms with E-state index in [1.54, 1.807) is 5.38 Å². The van der Waals surface area contributed by atoms with Crippen molar-refractivity contribution in [3.63, 3.8) is 0 Å². The first-order valence-electron chi connectivity index (χ1n) is 4.32. The zero-order chi connectivity index (χ0) is 12.5. The number of nitrogen functional groups attached to an aromatic ring is 1. The summed E-state index contributed by atoms with van der Waals surface area (Å²) in [4.78, 5) is 7.44. The van der Waals surface area contributed by atoms with Gasteiger partial charge in [-0.05, 0) is 6.07 Å². The summed E-state index contributed by atoms with van der Waals surface area (Å²) in [7, 11) is -3.73. The van der Waals surface area contributed by atoms with Crippen LogP contribution in [0.1, 0.15) is 0 Å². The minimum absolute atomic E-state index is 0.0631. The van der Waals surface area contributed by atoms with Gasteiger partial charge in [-0.1, -0.05) is 11.6 Å². The number of hydrogen-bond acceptors (Lipinski definition) is 6. The third-order valence-corrected chi connectivity index (χ3v) is 4.24. The number of anilines is 2. The zero-order valence-corrected chi connectivity index (χ0v) is 10.7. The Kier molecular flexibility index (Phi) is 3.18. The lowest BCUT2D eigenvalue weighted by Gasteiger charge is -2.05. The second-order valence-corrected chi connectivity index (χ2v) is 5.97. The Bertz CT molecular complexity index is 627. The van der Waals surface area contributed by atoms with Gasteiger partial charge in [0.2, 0.25) is 0 Å². The normalized spacial score (nSPS) is 11.4. The first-order valence-corrected chi connectivity index (χ1v) is 7.06. The number of pyridine rings is 1. The highest BCUT2D eigenvalue weighted by Gasteiger charge is 2.17. The van der Waals surface area contributed by atoms with Gasteiger partial charge in [0.05, 0.1) is 5.02 Å². The fourth-order valence-electron chi connectivity index (χ4n) is 1.03. The average molecular weight is 291 g/mol. The highest BCUT2D eigenvalue weighted by molar-refractivity contribution is 7.93. The smallest absolute Gasteiger partial charge is 0.265 e. The highest BCUT2D eigenvalue weighted by Crippen LogP contribution is 2.22. The molecule has 0 bridgehead atoms. The maximum absolute atomic E-state index is 11.9. The summed E-state index contributed by atoms with van der Waals surface area (Å²) < 4.78 is 26.1. The summed E-state index contributed by atoms with van der Waals surface area (Å²) in [5, 5.41) is 2.02. The Balaban J connectivity index is 2.35. The van der Waals surface area contributed by atoms with Crippen LogP contribution in [-0.2, 0) is 10.0 Å². The molecule has 6 nitrogen and oxygen atoms in total. The molecular weight excluding hydrogens is 284 g/mol. The molecule has 17 heavy (non-hydrogen) atoms. The lowest BCUT2D eigenvalue weighted by Crippen LogP contribution is -2.13. The van der Waals surface area contributed by atoms with E-state index >= 15 is 0 Å². The third kappa shape index (κ3) is 2.65. The molecule has 0 fully saturated rings. The molecule has 0 radical (unpaired) electrons. The summed E-state index contributed by atoms with van der Waals surface area (Å²) in [6.07, 6.45) is 2.63. The van der Waals surface area contributed by atoms with E-state index in [2.05, 4.69) is 14.7 Å². The number of rotatable bonds is 3. The van der Waals surface area contributed by atoms with Gasteiger partial charge in [-0.3, -0.25) is 4.72 Å². The Morgan fingerprint density at radius 2 is 2.18 bits per heavy atom. The van der Waals surface area contributed by atoms with E-state index in [9.17, 15) is 8.42 Å². The molecule has 0 saturated heterocycles. The molecule has 0 saturated carbocycles. The van der Waals surface area contributed by atoms with Crippen molar-refractivity contribution in [2.75, 3.05) is 10.5 Å². The van der Waals surface area contributed by atoms with Gasteiger partial charge in [0.1, 0.15) is 10.7 Å². The van der Waals surface area contributed by atoms with Crippen molar-refractivity contribution in [1.29, 1.82) is 0 Å². The fraction of sp³-hybridized carbons (Fsp3) is 0. The molecule has 0 aromatic carbocycles. The minimum atomic E-state index is -3.73. The van der Waals surface area contributed by atoms with Crippen LogP contribution in [0.5, 0.6) is 0 Å². The first-order chi connectivity index (χ1) is 7.99. The molecule has 2 heterocycles. The van der Waals surface area contributed by atoms with Gasteiger partial charge >= 0.3 is 0 Å². The van der Waals surface area contributed by atoms with E-state index in [0.29, 0.717) is 0 Å². The summed E-state index contributed by atoms with van der Waals surface area (Å²) in [6.45, 7) is 0. The van der Waals surface area contributed by atoms with Crippen LogP contribution in [0.2, 0.25) is 5.02 Å². The van der Waals surface area contributed by atoms with Crippen LogP contribution in [0.15, 0.2) is 28.7 Å². The molecule has 2 rings (SSSR count). The zero-order valence-electron chi connectivity index (χ0n) is 8.29. The standard InChI is InChI=1S/C8H7ClN4O2S2/c9-6-3-5(4-12-7(6)10)17(14,15)13-8-11-1-2-16-8/h1-4H,(H2,10,12)(H,11,13). The Hall–Kier alpha value is -1.38. The molecule has 2 aromatic heterocycles. The monoisotopic (exact) mass is 290 g/mol. The van der Waals surface area contributed by atoms with Crippen LogP contribution in [0, 0.1) is 0 Å². The Labute approximate surface area is 107 Å². The maximum Gasteiger partial charge on any atom is 0.265 e. The fourth-order valence-corrected chi connectivity index (χ4v) is 3.02. The molecular formula is C8H7ClN4O2S2. The van der Waals surface area contributed by atoms with Crippen LogP contribution >= 0.6 is 22.9 Å². The number of halogens is 1. The van der Waals surface area contributed by atoms with Crippen molar-refractivity contribution in [1.82, 2.24) is 9.97 Å². The van der Waals surface area contributed by atoms with Gasteiger partial charge in [-0.25, -0.2) is 18.4 Å². The Morgan fingerprint density at radius 3 is 2.76 bits per heavy atom. The molecule has 0 spiro atoms. The van der Waals surface area contributed by atoms with Crippen molar-refractivity contribution in [2.24, 2.45) is 0 Å². The summed E-state index contributed by atoms with van der Waals surface area (Å²) in [5.41, 5.74) is 5.40. The number of thiazole rings is 1. The van der Waals surface area contributed by atoms with Crippen molar-refractivity contribution in [3.8, 4) is 0 Å². The second kappa shape index (κ2) is 4.47. The van der Waals surface area contributed by atoms with Gasteiger partial charge in [0.25, 0.3) is 10.0 Å². The quantitative estimate of drug-likeness (QED) is 0.894. The third-order valence-electron chi connectivity index (χ3n) is 1.81. The molecule has 9 heteroatoms. The van der Waals surface area contributed by atoms with Gasteiger partial charge < -0.3 is 5.73 Å². The van der Waals surface area contributed by atoms with Crippen LogP contribution < -0.4 is 10.5 Å². The number of aromatic nitrogens is 2. The van der Waals surface area contributed by atoms with Crippen molar-refractivity contribution in [3.05, 3.63) is 28.9 Å². The van der Waals surface area contributed by atoms with E-state index in [-0.39, 0.29) is 20.9 Å². The van der Waals surface area contributed by atoms with Crippen LogP contribution in [0.25, 0.3) is 0 Å². The number of nitrogens with one attached hydrogen (secondary N) is 1. The van der Waals surface area contributed by atoms with Crippen LogP contribution in [0.4, 0.5) is 10.9 Å². The molecule has 0 unspecified atom stereocenters. The van der Waals surface area contributed by atoms with Gasteiger partial charge in [-0.2, -0.15) is 0 Å². The van der Waals surface area contributed by atoms with E-state index in [1.165, 1.54) is 23.6 Å². The molecule has 2 aromatic rings. The number of hydrogen-bond donors (Lipinski definition) is 2. The molecule has 0 aliphatic carbocycles. The topological polar surface area (TPSA) is 98.0 Å². The number of nitrogens with zero attached hydrogens (tertiary/aromatic N) is 2. The predicted molar refractivity (Wildman–Crippen MR) is 66.6 cm³/mol. The van der Waals surface area contributed by atoms with E-state index in [1.807, 2.05) is 0 Å². The van der Waals surface area contributed by atoms with Crippen molar-refractivity contribution < 1.29 is 8.42 Å². The van der Waals surface area contributed by atoms with E-state index in [0.717, 1.165) is 6.20 Å². The average Bonchev–Trinajstić information content (AvgIpc) is 2.73. The van der Waals surface area contributed by atoms with E-state index in [4.69, 9.17) is 17.3 Å². The maximum atomic E-state index is 11.9. The molecule has 90 valence electrons. The molecule has 0 aliphatic rings. The van der Waals surface area contributed by atoms with E-state index < -0.39 is 10.0 Å². The molecule has 3 N–H and O–H groups in total. The largest absolute Gasteiger partial charge is 0.382 e. The van der Waals surface area contributed by atoms with Crippen LogP contribution in [0.3, 0.4) is 0 Å². The molecule has 0 atom stereocenters. The minimum Gasteiger partial charge on any atom is -0.382 e. The highest BCUT2D eigenvalue weighted by atomic mass is 35.5. The summed E-state index contributed by atoms with van der Waals surface area (Å²) in [5.74, 6) is 0.0832. The van der Waals surface area contributed by atoms with Crippen molar-refractivity contribution in [2.45, 2.75) is 4.90 Å². The summed E-state index contributed by atoms with van der Waals surface area (Å²) >= 11 is 6.88. The van der Waals surface area contributed by atoms with Gasteiger partial charge in [-0.15, -0.1) is 11.3 Å². The van der Waals surface area contributed by atoms with Crippen LogP contribution in [-0.4, -0.2) is 18.4 Å². The SMILES string of the molecule is Nc1ncc(S(=O)(=O)Nc2nccs2)cc1Cl. The predicted octanol–water partition coefficient (Wildman–Crippen LogP) is 1.57. The van der Waals surface area contributed by atoms with Crippen molar-refractivity contribution >= 4 is 43.9 Å². The molecule has 0 amide bonds. The molecule has 0 aliphatic heterocycles. The summed E-state index contributed by atoms with van der Waals surface area (Å²) in [6, 6.07) is 1.24. The number of sulfonamides is 1. The number of nitrogens with two attached hydrogens (primary N) is 1. The van der Waals surface area contributed by atoms with Gasteiger partial charge in [0.15, 0.2) is 5.13 Å². The van der Waals surface area contributed by atoms with Gasteiger partial charge in [0, 0.05) is 17.8 Å². The first kappa shape index (κ1) is 12.1.